The maximum atomic E-state index is 13.4. The molecule has 0 aliphatic rings. The van der Waals surface area contributed by atoms with E-state index in [0.717, 1.165) is 4.90 Å². The Kier molecular flexibility index (Phi) is 8.57. The quantitative estimate of drug-likeness (QED) is 0.371. The Morgan fingerprint density at radius 2 is 1.87 bits per heavy atom. The molecule has 0 unspecified atom stereocenters. The Morgan fingerprint density at radius 1 is 1.16 bits per heavy atom. The number of urea groups is 1. The van der Waals surface area contributed by atoms with Gasteiger partial charge in [0.1, 0.15) is 11.8 Å². The van der Waals surface area contributed by atoms with Crippen LogP contribution in [0, 0.1) is 0 Å². The van der Waals surface area contributed by atoms with Gasteiger partial charge in [-0.2, -0.15) is 40.9 Å². The number of hydrogen-bond donors (Lipinski definition) is 1. The van der Waals surface area contributed by atoms with Crippen molar-refractivity contribution in [3.8, 4) is 23.0 Å². The summed E-state index contributed by atoms with van der Waals surface area (Å²) in [7, 11) is 2.84. The van der Waals surface area contributed by atoms with Gasteiger partial charge in [0.15, 0.2) is 0 Å². The van der Waals surface area contributed by atoms with Crippen molar-refractivity contribution in [2.75, 3.05) is 20.8 Å². The lowest BCUT2D eigenvalue weighted by Gasteiger charge is -2.31. The molecule has 2 amide bonds. The summed E-state index contributed by atoms with van der Waals surface area (Å²) in [5.41, 5.74) is 1.82. The SMILES string of the molecule is CCN(C(=O)N[C@@H](CCC(F)(F)F)C(F)(F)F)[C@H](C)c1cc(-c2cc3ccnn3c(OC)n2)c(OC)cn1. The molecule has 0 bridgehead atoms. The molecular weight excluding hydrogens is 522 g/mol. The molecule has 0 aromatic carbocycles. The third-order valence-corrected chi connectivity index (χ3v) is 5.83. The van der Waals surface area contributed by atoms with Gasteiger partial charge in [-0.3, -0.25) is 4.98 Å². The third kappa shape index (κ3) is 6.55. The highest BCUT2D eigenvalue weighted by molar-refractivity contribution is 5.75. The molecule has 15 heteroatoms. The van der Waals surface area contributed by atoms with Crippen LogP contribution in [0.3, 0.4) is 0 Å². The third-order valence-electron chi connectivity index (χ3n) is 5.83. The van der Waals surface area contributed by atoms with Crippen LogP contribution in [0.5, 0.6) is 11.8 Å². The molecule has 38 heavy (non-hydrogen) atoms. The molecule has 3 aromatic heterocycles. The van der Waals surface area contributed by atoms with Crippen molar-refractivity contribution in [1.29, 1.82) is 0 Å². The first-order chi connectivity index (χ1) is 17.8. The molecule has 0 radical (unpaired) electrons. The van der Waals surface area contributed by atoms with E-state index in [2.05, 4.69) is 15.1 Å². The van der Waals surface area contributed by atoms with Gasteiger partial charge in [0.05, 0.1) is 49.6 Å². The molecule has 0 saturated carbocycles. The van der Waals surface area contributed by atoms with Crippen molar-refractivity contribution in [2.24, 2.45) is 0 Å². The van der Waals surface area contributed by atoms with Crippen molar-refractivity contribution in [3.63, 3.8) is 0 Å². The second-order valence-electron chi connectivity index (χ2n) is 8.26. The van der Waals surface area contributed by atoms with Crippen LogP contribution in [0.4, 0.5) is 31.1 Å². The van der Waals surface area contributed by atoms with Crippen molar-refractivity contribution < 1.29 is 40.6 Å². The van der Waals surface area contributed by atoms with Gasteiger partial charge >= 0.3 is 24.4 Å². The first-order valence-electron chi connectivity index (χ1n) is 11.4. The highest BCUT2D eigenvalue weighted by Gasteiger charge is 2.43. The zero-order valence-corrected chi connectivity index (χ0v) is 20.9. The van der Waals surface area contributed by atoms with Gasteiger partial charge in [0.25, 0.3) is 0 Å². The molecule has 3 aromatic rings. The summed E-state index contributed by atoms with van der Waals surface area (Å²) in [6.07, 6.45) is -9.95. The number of nitrogens with one attached hydrogen (secondary N) is 1. The fourth-order valence-electron chi connectivity index (χ4n) is 3.84. The van der Waals surface area contributed by atoms with Crippen LogP contribution in [-0.4, -0.2) is 69.7 Å². The Bertz CT molecular complexity index is 1260. The fraction of sp³-hybridized carbons (Fsp3) is 0.478. The van der Waals surface area contributed by atoms with Gasteiger partial charge in [-0.05, 0) is 38.5 Å². The number of fused-ring (bicyclic) bond motifs is 1. The van der Waals surface area contributed by atoms with Crippen molar-refractivity contribution in [3.05, 3.63) is 36.3 Å². The smallest absolute Gasteiger partial charge is 0.408 e. The molecule has 0 saturated heterocycles. The molecule has 0 fully saturated rings. The Hall–Kier alpha value is -3.78. The van der Waals surface area contributed by atoms with Crippen LogP contribution in [0.15, 0.2) is 30.6 Å². The number of methoxy groups -OCH3 is 2. The van der Waals surface area contributed by atoms with Crippen LogP contribution in [0.2, 0.25) is 0 Å². The summed E-state index contributed by atoms with van der Waals surface area (Å²) < 4.78 is 89.9. The standard InChI is InChI=1S/C23H26F6N6O3/c1-5-34(20(36)33-19(23(27,28)29)6-8-22(24,25)26)13(2)16-11-15(18(37-3)12-30-16)17-10-14-7-9-31-35(14)21(32-17)38-4/h7,9-13,19H,5-6,8H2,1-4H3,(H,33,36)/t13-,19+/m1/s1. The first kappa shape index (κ1) is 28.8. The van der Waals surface area contributed by atoms with E-state index < -0.39 is 43.3 Å². The lowest BCUT2D eigenvalue weighted by atomic mass is 10.1. The highest BCUT2D eigenvalue weighted by Crippen LogP contribution is 2.34. The zero-order valence-electron chi connectivity index (χ0n) is 20.9. The molecule has 3 rings (SSSR count). The second kappa shape index (κ2) is 11.3. The number of hydrogen-bond acceptors (Lipinski definition) is 6. The topological polar surface area (TPSA) is 93.9 Å². The van der Waals surface area contributed by atoms with Crippen molar-refractivity contribution >= 4 is 11.5 Å². The number of carbonyl (C=O) groups excluding carboxylic acids is 1. The Labute approximate surface area is 213 Å². The summed E-state index contributed by atoms with van der Waals surface area (Å²) in [5, 5.41) is 5.83. The minimum Gasteiger partial charge on any atom is -0.494 e. The molecular formula is C23H26F6N6O3. The number of nitrogens with zero attached hydrogens (tertiary/aromatic N) is 5. The van der Waals surface area contributed by atoms with E-state index in [4.69, 9.17) is 9.47 Å². The van der Waals surface area contributed by atoms with E-state index in [0.29, 0.717) is 22.5 Å². The summed E-state index contributed by atoms with van der Waals surface area (Å²) in [5.74, 6) is 0.330. The van der Waals surface area contributed by atoms with Crippen molar-refractivity contribution in [2.45, 2.75) is 51.1 Å². The second-order valence-corrected chi connectivity index (χ2v) is 8.26. The van der Waals surface area contributed by atoms with Gasteiger partial charge < -0.3 is 19.7 Å². The van der Waals surface area contributed by atoms with Gasteiger partial charge in [0.2, 0.25) is 0 Å². The number of aromatic nitrogens is 4. The van der Waals surface area contributed by atoms with Crippen LogP contribution in [0.1, 0.15) is 38.4 Å². The number of amides is 2. The van der Waals surface area contributed by atoms with Gasteiger partial charge in [-0.15, -0.1) is 0 Å². The number of ether oxygens (including phenoxy) is 2. The minimum atomic E-state index is -5.06. The number of carbonyl (C=O) groups is 1. The summed E-state index contributed by atoms with van der Waals surface area (Å²) >= 11 is 0. The monoisotopic (exact) mass is 548 g/mol. The van der Waals surface area contributed by atoms with E-state index in [-0.39, 0.29) is 18.2 Å². The lowest BCUT2D eigenvalue weighted by Crippen LogP contribution is -2.51. The largest absolute Gasteiger partial charge is 0.494 e. The van der Waals surface area contributed by atoms with E-state index in [1.54, 1.807) is 29.7 Å². The average molecular weight is 548 g/mol. The predicted molar refractivity (Wildman–Crippen MR) is 124 cm³/mol. The molecule has 3 heterocycles. The lowest BCUT2D eigenvalue weighted by molar-refractivity contribution is -0.171. The van der Waals surface area contributed by atoms with Gasteiger partial charge in [-0.25, -0.2) is 4.79 Å². The Balaban J connectivity index is 1.92. The maximum absolute atomic E-state index is 13.4. The van der Waals surface area contributed by atoms with E-state index in [9.17, 15) is 31.1 Å². The van der Waals surface area contributed by atoms with E-state index >= 15 is 0 Å². The maximum Gasteiger partial charge on any atom is 0.408 e. The summed E-state index contributed by atoms with van der Waals surface area (Å²) in [4.78, 5) is 22.6. The van der Waals surface area contributed by atoms with Gasteiger partial charge in [-0.1, -0.05) is 0 Å². The van der Waals surface area contributed by atoms with Crippen LogP contribution < -0.4 is 14.8 Å². The Morgan fingerprint density at radius 3 is 2.45 bits per heavy atom. The predicted octanol–water partition coefficient (Wildman–Crippen LogP) is 5.17. The molecule has 2 atom stereocenters. The number of rotatable bonds is 9. The molecule has 0 aliphatic heterocycles. The highest BCUT2D eigenvalue weighted by atomic mass is 19.4. The van der Waals surface area contributed by atoms with Crippen LogP contribution in [-0.2, 0) is 0 Å². The molecule has 208 valence electrons. The number of halogens is 6. The normalized spacial score (nSPS) is 13.7. The molecule has 1 N–H and O–H groups in total. The van der Waals surface area contributed by atoms with E-state index in [1.165, 1.54) is 38.8 Å². The summed E-state index contributed by atoms with van der Waals surface area (Å²) in [6.45, 7) is 3.01. The zero-order chi connectivity index (χ0) is 28.3. The fourth-order valence-corrected chi connectivity index (χ4v) is 3.84. The van der Waals surface area contributed by atoms with Gasteiger partial charge in [0, 0.05) is 18.5 Å². The minimum absolute atomic E-state index is 0.0479. The molecule has 0 spiro atoms. The molecule has 0 aliphatic carbocycles. The average Bonchev–Trinajstić information content (AvgIpc) is 3.33. The number of pyridine rings is 1. The van der Waals surface area contributed by atoms with E-state index in [1.807, 2.05) is 0 Å². The first-order valence-corrected chi connectivity index (χ1v) is 11.4. The van der Waals surface area contributed by atoms with Crippen LogP contribution >= 0.6 is 0 Å². The molecule has 9 nitrogen and oxygen atoms in total. The number of alkyl halides is 6. The van der Waals surface area contributed by atoms with Crippen LogP contribution in [0.25, 0.3) is 16.8 Å². The van der Waals surface area contributed by atoms with Crippen molar-refractivity contribution in [1.82, 2.24) is 29.8 Å². The summed E-state index contributed by atoms with van der Waals surface area (Å²) in [6, 6.07) is 0.480.